The second-order valence-corrected chi connectivity index (χ2v) is 13.1. The Bertz CT molecular complexity index is 354. The van der Waals surface area contributed by atoms with E-state index in [0.29, 0.717) is 5.04 Å². The van der Waals surface area contributed by atoms with Crippen molar-refractivity contribution in [1.82, 2.24) is 0 Å². The van der Waals surface area contributed by atoms with Crippen molar-refractivity contribution in [3.05, 3.63) is 35.4 Å². The average molecular weight is 263 g/mol. The van der Waals surface area contributed by atoms with Crippen molar-refractivity contribution in [1.29, 1.82) is 0 Å². The maximum Gasteiger partial charge on any atom is 0.0527 e. The summed E-state index contributed by atoms with van der Waals surface area (Å²) in [5, 5.41) is 0.539. The lowest BCUT2D eigenvalue weighted by molar-refractivity contribution is 0.693. The zero-order valence-corrected chi connectivity index (χ0v) is 14.1. The molecule has 0 aliphatic carbocycles. The van der Waals surface area contributed by atoms with E-state index in [9.17, 15) is 0 Å². The molecule has 0 saturated carbocycles. The predicted molar refractivity (Wildman–Crippen MR) is 86.1 cm³/mol. The van der Waals surface area contributed by atoms with E-state index in [1.165, 1.54) is 36.4 Å². The molecule has 0 radical (unpaired) electrons. The molecule has 0 N–H and O–H groups in total. The number of hydrogen-bond donors (Lipinski definition) is 0. The summed E-state index contributed by atoms with van der Waals surface area (Å²) in [5.41, 5.74) is 2.86. The molecular formula is C17H30Si. The van der Waals surface area contributed by atoms with Gasteiger partial charge in [-0.15, -0.1) is 0 Å². The van der Waals surface area contributed by atoms with Crippen LogP contribution in [0.4, 0.5) is 0 Å². The third-order valence-electron chi connectivity index (χ3n) is 4.67. The molecule has 0 fully saturated rings. The van der Waals surface area contributed by atoms with Crippen LogP contribution in [0.5, 0.6) is 0 Å². The lowest BCUT2D eigenvalue weighted by atomic mass is 10.1. The first-order valence-corrected chi connectivity index (χ1v) is 10.5. The van der Waals surface area contributed by atoms with E-state index in [-0.39, 0.29) is 0 Å². The van der Waals surface area contributed by atoms with Crippen molar-refractivity contribution in [3.8, 4) is 0 Å². The molecule has 102 valence electrons. The highest BCUT2D eigenvalue weighted by Crippen LogP contribution is 2.39. The maximum atomic E-state index is 2.54. The van der Waals surface area contributed by atoms with Gasteiger partial charge in [-0.3, -0.25) is 0 Å². The van der Waals surface area contributed by atoms with Gasteiger partial charge in [-0.2, -0.15) is 0 Å². The van der Waals surface area contributed by atoms with Crippen molar-refractivity contribution < 1.29 is 0 Å². The second kappa shape index (κ2) is 6.05. The maximum absolute atomic E-state index is 2.54. The number of hydrogen-bond acceptors (Lipinski definition) is 0. The predicted octanol–water partition coefficient (Wildman–Crippen LogP) is 5.83. The first-order chi connectivity index (χ1) is 8.22. The van der Waals surface area contributed by atoms with Gasteiger partial charge >= 0.3 is 0 Å². The second-order valence-electron chi connectivity index (χ2n) is 7.33. The summed E-state index contributed by atoms with van der Waals surface area (Å²) < 4.78 is 0. The lowest BCUT2D eigenvalue weighted by Gasteiger charge is -2.37. The Morgan fingerprint density at radius 1 is 0.944 bits per heavy atom. The Morgan fingerprint density at radius 3 is 2.00 bits per heavy atom. The molecule has 0 heterocycles. The number of aryl methyl sites for hydroxylation is 2. The third kappa shape index (κ3) is 4.60. The summed E-state index contributed by atoms with van der Waals surface area (Å²) in [6.07, 6.45) is 3.98. The minimum Gasteiger partial charge on any atom is -0.0690 e. The Balaban J connectivity index is 2.33. The van der Waals surface area contributed by atoms with Crippen LogP contribution in [0, 0.1) is 6.92 Å². The average Bonchev–Trinajstić information content (AvgIpc) is 2.25. The van der Waals surface area contributed by atoms with Gasteiger partial charge in [0.15, 0.2) is 0 Å². The fourth-order valence-electron chi connectivity index (χ4n) is 2.03. The van der Waals surface area contributed by atoms with Gasteiger partial charge in [-0.1, -0.05) is 76.2 Å². The van der Waals surface area contributed by atoms with Crippen LogP contribution in [0.15, 0.2) is 24.3 Å². The molecule has 0 unspecified atom stereocenters. The molecule has 0 amide bonds. The Morgan fingerprint density at radius 2 is 1.50 bits per heavy atom. The first-order valence-electron chi connectivity index (χ1n) is 7.28. The van der Waals surface area contributed by atoms with Crippen LogP contribution < -0.4 is 0 Å². The van der Waals surface area contributed by atoms with Gasteiger partial charge in [-0.05, 0) is 30.4 Å². The Kier molecular flexibility index (Phi) is 5.21. The third-order valence-corrected chi connectivity index (χ3v) is 10.3. The highest BCUT2D eigenvalue weighted by molar-refractivity contribution is 6.80. The monoisotopic (exact) mass is 262 g/mol. The first kappa shape index (κ1) is 15.5. The van der Waals surface area contributed by atoms with Gasteiger partial charge in [0.25, 0.3) is 0 Å². The molecule has 18 heavy (non-hydrogen) atoms. The van der Waals surface area contributed by atoms with Crippen LogP contribution in [0.25, 0.3) is 0 Å². The van der Waals surface area contributed by atoms with Crippen molar-refractivity contribution in [2.75, 3.05) is 0 Å². The lowest BCUT2D eigenvalue weighted by Crippen LogP contribution is -2.36. The summed E-state index contributed by atoms with van der Waals surface area (Å²) in [7, 11) is -1.05. The van der Waals surface area contributed by atoms with Crippen LogP contribution >= 0.6 is 0 Å². The van der Waals surface area contributed by atoms with E-state index in [0.717, 1.165) is 0 Å². The minimum atomic E-state index is -1.05. The van der Waals surface area contributed by atoms with Crippen LogP contribution in [0.3, 0.4) is 0 Å². The summed E-state index contributed by atoms with van der Waals surface area (Å²) in [6, 6.07) is 10.5. The molecule has 1 rings (SSSR count). The summed E-state index contributed by atoms with van der Waals surface area (Å²) >= 11 is 0. The van der Waals surface area contributed by atoms with Crippen molar-refractivity contribution in [2.24, 2.45) is 0 Å². The molecule has 1 aromatic rings. The number of unbranched alkanes of at least 4 members (excludes halogenated alkanes) is 1. The van der Waals surface area contributed by atoms with Gasteiger partial charge < -0.3 is 0 Å². The number of benzene rings is 1. The smallest absolute Gasteiger partial charge is 0.0527 e. The molecule has 0 atom stereocenters. The van der Waals surface area contributed by atoms with E-state index < -0.39 is 8.07 Å². The topological polar surface area (TPSA) is 0 Å². The summed E-state index contributed by atoms with van der Waals surface area (Å²) in [4.78, 5) is 0. The van der Waals surface area contributed by atoms with Gasteiger partial charge in [0.1, 0.15) is 0 Å². The van der Waals surface area contributed by atoms with E-state index in [1.807, 2.05) is 0 Å². The quantitative estimate of drug-likeness (QED) is 0.463. The standard InChI is InChI=1S/C17H30Si/c1-15-10-12-16(13-11-15)9-7-8-14-18(5,6)17(2,3)4/h10-13H,7-9,14H2,1-6H3. The van der Waals surface area contributed by atoms with Crippen LogP contribution in [-0.2, 0) is 6.42 Å². The Labute approximate surface area is 115 Å². The van der Waals surface area contributed by atoms with E-state index in [1.54, 1.807) is 0 Å². The SMILES string of the molecule is Cc1ccc(CCCC[Si](C)(C)C(C)(C)C)cc1. The molecule has 0 nitrogen and oxygen atoms in total. The van der Waals surface area contributed by atoms with Gasteiger partial charge in [0.05, 0.1) is 8.07 Å². The molecule has 0 bridgehead atoms. The molecule has 0 saturated heterocycles. The molecule has 1 heteroatoms. The highest BCUT2D eigenvalue weighted by Gasteiger charge is 2.33. The van der Waals surface area contributed by atoms with Crippen LogP contribution in [-0.4, -0.2) is 8.07 Å². The summed E-state index contributed by atoms with van der Waals surface area (Å²) in [5.74, 6) is 0. The zero-order chi connectivity index (χ0) is 13.8. The fourth-order valence-corrected chi connectivity index (χ4v) is 3.91. The molecular weight excluding hydrogens is 232 g/mol. The zero-order valence-electron chi connectivity index (χ0n) is 13.1. The minimum absolute atomic E-state index is 0.539. The molecule has 0 aliphatic heterocycles. The highest BCUT2D eigenvalue weighted by atomic mass is 28.3. The Hall–Kier alpha value is -0.563. The van der Waals surface area contributed by atoms with Gasteiger partial charge in [-0.25, -0.2) is 0 Å². The number of rotatable bonds is 5. The molecule has 0 aromatic heterocycles. The van der Waals surface area contributed by atoms with Crippen molar-refractivity contribution >= 4 is 8.07 Å². The van der Waals surface area contributed by atoms with Gasteiger partial charge in [0, 0.05) is 0 Å². The summed E-state index contributed by atoms with van der Waals surface area (Å²) in [6.45, 7) is 14.5. The molecule has 0 aliphatic rings. The van der Waals surface area contributed by atoms with E-state index >= 15 is 0 Å². The van der Waals surface area contributed by atoms with Crippen molar-refractivity contribution in [3.63, 3.8) is 0 Å². The van der Waals surface area contributed by atoms with E-state index in [4.69, 9.17) is 0 Å². The van der Waals surface area contributed by atoms with Crippen molar-refractivity contribution in [2.45, 2.75) is 71.1 Å². The largest absolute Gasteiger partial charge is 0.0690 e. The van der Waals surface area contributed by atoms with Crippen LogP contribution in [0.2, 0.25) is 24.2 Å². The normalized spacial score (nSPS) is 12.8. The van der Waals surface area contributed by atoms with Crippen LogP contribution in [0.1, 0.15) is 44.7 Å². The van der Waals surface area contributed by atoms with Gasteiger partial charge in [0.2, 0.25) is 0 Å². The van der Waals surface area contributed by atoms with E-state index in [2.05, 4.69) is 65.1 Å². The molecule has 1 aromatic carbocycles. The fraction of sp³-hybridized carbons (Fsp3) is 0.647. The molecule has 0 spiro atoms.